The highest BCUT2D eigenvalue weighted by molar-refractivity contribution is 7.96. The fraction of sp³-hybridized carbons (Fsp3) is 0.682. The number of phenols is 1. The number of aromatic hydroxyl groups is 1. The van der Waals surface area contributed by atoms with Crippen LogP contribution in [0, 0.1) is 36.0 Å². The Kier molecular flexibility index (Phi) is 13.1. The molecule has 3 saturated carbocycles. The van der Waals surface area contributed by atoms with Crippen LogP contribution in [0.1, 0.15) is 99.3 Å². The largest absolute Gasteiger partial charge is 0.543 e. The number of nitrogens with zero attached hydrogens (tertiary/aromatic N) is 1. The van der Waals surface area contributed by atoms with Crippen molar-refractivity contribution < 1.29 is 27.7 Å². The normalized spacial score (nSPS) is 23.5. The number of benzene rings is 2. The third kappa shape index (κ3) is 9.87. The van der Waals surface area contributed by atoms with E-state index in [9.17, 15) is 10.2 Å². The van der Waals surface area contributed by atoms with Crippen molar-refractivity contribution in [2.75, 3.05) is 6.61 Å². The monoisotopic (exact) mass is 829 g/mol. The predicted octanol–water partition coefficient (Wildman–Crippen LogP) is 12.5. The quantitative estimate of drug-likeness (QED) is 0.195. The minimum absolute atomic E-state index is 0.00250. The van der Waals surface area contributed by atoms with Crippen LogP contribution in [0.5, 0.6) is 17.2 Å². The summed E-state index contributed by atoms with van der Waals surface area (Å²) in [6.07, 6.45) is 1.27. The van der Waals surface area contributed by atoms with Crippen LogP contribution in [-0.4, -0.2) is 52.0 Å². The Morgan fingerprint density at radius 1 is 0.909 bits per heavy atom. The Hall–Kier alpha value is -1.90. The Morgan fingerprint density at radius 3 is 1.93 bits per heavy atom. The third-order valence-corrected chi connectivity index (χ3v) is 25.1. The molecule has 0 saturated heterocycles. The summed E-state index contributed by atoms with van der Waals surface area (Å²) in [5.74, 6) is 1.75. The van der Waals surface area contributed by atoms with Crippen molar-refractivity contribution in [3.05, 3.63) is 58.5 Å². The number of aryl methyl sites for hydroxylation is 1. The van der Waals surface area contributed by atoms with Gasteiger partial charge < -0.3 is 23.5 Å². The van der Waals surface area contributed by atoms with Gasteiger partial charge in [-0.25, -0.2) is 8.57 Å². The average molecular weight is 830 g/mol. The first-order valence-corrected chi connectivity index (χ1v) is 31.2. The van der Waals surface area contributed by atoms with E-state index in [-0.39, 0.29) is 45.6 Å². The van der Waals surface area contributed by atoms with E-state index in [1.54, 1.807) is 6.07 Å². The van der Waals surface area contributed by atoms with Crippen LogP contribution >= 0.6 is 0 Å². The molecule has 2 N–H and O–H groups in total. The van der Waals surface area contributed by atoms with Gasteiger partial charge in [0.2, 0.25) is 16.6 Å². The highest BCUT2D eigenvalue weighted by Gasteiger charge is 2.58. The van der Waals surface area contributed by atoms with E-state index in [0.717, 1.165) is 24.0 Å². The summed E-state index contributed by atoms with van der Waals surface area (Å²) < 4.78 is 42.0. The number of aliphatic hydroxyl groups excluding tert-OH is 1. The van der Waals surface area contributed by atoms with Crippen molar-refractivity contribution in [1.82, 2.24) is 0 Å². The molecule has 2 bridgehead atoms. The zero-order valence-corrected chi connectivity index (χ0v) is 41.3. The lowest BCUT2D eigenvalue weighted by molar-refractivity contribution is -0.0682. The molecule has 55 heavy (non-hydrogen) atoms. The van der Waals surface area contributed by atoms with Crippen LogP contribution in [-0.2, 0) is 14.2 Å². The van der Waals surface area contributed by atoms with Crippen LogP contribution < -0.4 is 8.85 Å². The van der Waals surface area contributed by atoms with Gasteiger partial charge in [-0.3, -0.25) is 0 Å². The van der Waals surface area contributed by atoms with E-state index in [4.69, 9.17) is 17.6 Å². The van der Waals surface area contributed by atoms with Crippen LogP contribution in [0.3, 0.4) is 0 Å². The minimum Gasteiger partial charge on any atom is -0.543 e. The summed E-state index contributed by atoms with van der Waals surface area (Å²) in [5, 5.41) is 24.7. The standard InChI is InChI=1S/C44H75NO6SSi3/c1-29(2)37(27-46)45-52(48,33-21-19-30(3)20-22-33)28-35-34(23-31-24-36(35)44(31,10)11)41(51-53(12,13)14)40-38(47)25-32(49-54(15,16)42(4,5)6)26-39(40)50-55(17,18)43(7,8)9/h19-22,25-26,28-29,31,34,36-37,41,46-47H,23-24,27H2,1-18H3/b35-28+/t31-,34-,36-,37-,41-,52?/m0/s1. The van der Waals surface area contributed by atoms with Crippen LogP contribution in [0.25, 0.3) is 0 Å². The van der Waals surface area contributed by atoms with Crippen LogP contribution in [0.15, 0.2) is 56.6 Å². The van der Waals surface area contributed by atoms with Gasteiger partial charge in [-0.15, -0.1) is 0 Å². The molecule has 3 fully saturated rings. The second-order valence-corrected chi connectivity index (χ2v) is 37.4. The summed E-state index contributed by atoms with van der Waals surface area (Å²) in [6.45, 7) is 39.3. The predicted molar refractivity (Wildman–Crippen MR) is 238 cm³/mol. The molecule has 0 spiro atoms. The van der Waals surface area contributed by atoms with E-state index in [0.29, 0.717) is 27.9 Å². The summed E-state index contributed by atoms with van der Waals surface area (Å²) in [4.78, 5) is 0.641. The first-order chi connectivity index (χ1) is 24.8. The zero-order valence-electron chi connectivity index (χ0n) is 37.5. The molecule has 0 radical (unpaired) electrons. The van der Waals surface area contributed by atoms with Gasteiger partial charge in [-0.05, 0) is 111 Å². The molecule has 2 aromatic rings. The van der Waals surface area contributed by atoms with Gasteiger partial charge in [0.25, 0.3) is 0 Å². The van der Waals surface area contributed by atoms with Crippen LogP contribution in [0.2, 0.25) is 55.9 Å². The molecule has 6 atom stereocenters. The molecular weight excluding hydrogens is 755 g/mol. The highest BCUT2D eigenvalue weighted by atomic mass is 32.2. The summed E-state index contributed by atoms with van der Waals surface area (Å²) in [6, 6.07) is 11.1. The van der Waals surface area contributed by atoms with E-state index >= 15 is 4.21 Å². The molecule has 0 aromatic heterocycles. The summed E-state index contributed by atoms with van der Waals surface area (Å²) in [5.41, 5.74) is 2.80. The second kappa shape index (κ2) is 15.7. The highest BCUT2D eigenvalue weighted by Crippen LogP contribution is 2.66. The molecule has 0 amide bonds. The number of rotatable bonds is 13. The van der Waals surface area contributed by atoms with Gasteiger partial charge in [0.05, 0.1) is 38.9 Å². The zero-order chi connectivity index (χ0) is 41.9. The van der Waals surface area contributed by atoms with Crippen molar-refractivity contribution in [3.63, 3.8) is 0 Å². The van der Waals surface area contributed by atoms with Gasteiger partial charge in [0.15, 0.2) is 8.32 Å². The first-order valence-electron chi connectivity index (χ1n) is 20.4. The smallest absolute Gasteiger partial charge is 0.250 e. The van der Waals surface area contributed by atoms with E-state index in [1.807, 2.05) is 56.5 Å². The Labute approximate surface area is 338 Å². The lowest BCUT2D eigenvalue weighted by atomic mass is 9.44. The fourth-order valence-electron chi connectivity index (χ4n) is 7.41. The molecule has 1 unspecified atom stereocenters. The maximum atomic E-state index is 15.6. The number of aliphatic hydroxyl groups is 1. The van der Waals surface area contributed by atoms with Crippen molar-refractivity contribution in [1.29, 1.82) is 0 Å². The number of hydrogen-bond donors (Lipinski definition) is 2. The van der Waals surface area contributed by atoms with Crippen molar-refractivity contribution in [2.24, 2.45) is 33.4 Å². The Balaban J connectivity index is 2.07. The molecule has 3 aliphatic rings. The summed E-state index contributed by atoms with van der Waals surface area (Å²) in [7, 11) is -10.1. The van der Waals surface area contributed by atoms with E-state index < -0.39 is 46.8 Å². The first kappa shape index (κ1) is 45.8. The molecule has 11 heteroatoms. The van der Waals surface area contributed by atoms with Gasteiger partial charge in [0, 0.05) is 23.5 Å². The van der Waals surface area contributed by atoms with Crippen molar-refractivity contribution >= 4 is 34.7 Å². The Morgan fingerprint density at radius 2 is 1.45 bits per heavy atom. The molecular formula is C44H75NO6SSi3. The van der Waals surface area contributed by atoms with Crippen LogP contribution in [0.4, 0.5) is 0 Å². The van der Waals surface area contributed by atoms with Gasteiger partial charge in [-0.2, -0.15) is 0 Å². The summed E-state index contributed by atoms with van der Waals surface area (Å²) >= 11 is 0. The lowest BCUT2D eigenvalue weighted by Crippen LogP contribution is -2.53. The number of phenolic OH excluding ortho intramolecular Hbond substituents is 1. The molecule has 5 rings (SSSR count). The van der Waals surface area contributed by atoms with Gasteiger partial charge in [0.1, 0.15) is 17.2 Å². The topological polar surface area (TPSA) is 97.6 Å². The second-order valence-electron chi connectivity index (χ2n) is 21.5. The maximum Gasteiger partial charge on any atom is 0.250 e. The molecule has 2 aromatic carbocycles. The van der Waals surface area contributed by atoms with E-state index in [2.05, 4.69) is 101 Å². The minimum atomic E-state index is -3.14. The third-order valence-electron chi connectivity index (χ3n) is 13.3. The SMILES string of the molecule is Cc1ccc(S(=O)(/C=C2\[C@@H]([C@H](O[Si](C)(C)C)c3c(O)cc(O[Si](C)(C)C(C)(C)C)cc3O[Si](C)(C)C(C)(C)C)C[C@H]3C[C@@H]2C3(C)C)=N[C@@H](CO)C(C)C)cc1. The molecule has 7 nitrogen and oxygen atoms in total. The average Bonchev–Trinajstić information content (AvgIpc) is 3.00. The molecule has 0 aliphatic heterocycles. The molecule has 3 aliphatic carbocycles. The molecule has 0 heterocycles. The van der Waals surface area contributed by atoms with E-state index in [1.165, 1.54) is 0 Å². The molecule has 310 valence electrons. The number of fused-ring (bicyclic) bond motifs is 2. The number of hydrogen-bond acceptors (Lipinski definition) is 7. The van der Waals surface area contributed by atoms with Gasteiger partial charge in [-0.1, -0.05) is 92.5 Å². The maximum absolute atomic E-state index is 15.6. The Bertz CT molecular complexity index is 1840. The van der Waals surface area contributed by atoms with Gasteiger partial charge >= 0.3 is 0 Å². The fourth-order valence-corrected chi connectivity index (χ4v) is 12.8. The van der Waals surface area contributed by atoms with Crippen molar-refractivity contribution in [2.45, 2.75) is 162 Å². The van der Waals surface area contributed by atoms with Crippen molar-refractivity contribution in [3.8, 4) is 17.2 Å². The lowest BCUT2D eigenvalue weighted by Gasteiger charge is -2.61.